The zero-order chi connectivity index (χ0) is 25.7. The number of nitrogens with zero attached hydrogens (tertiary/aromatic N) is 3. The highest BCUT2D eigenvalue weighted by molar-refractivity contribution is 5.67. The van der Waals surface area contributed by atoms with Gasteiger partial charge in [0.15, 0.2) is 5.82 Å². The number of carbonyl (C=O) groups is 1. The van der Waals surface area contributed by atoms with Gasteiger partial charge in [0.2, 0.25) is 5.89 Å². The van der Waals surface area contributed by atoms with Crippen LogP contribution in [0, 0.1) is 6.92 Å². The number of carboxylic acids is 1. The highest BCUT2D eigenvalue weighted by Gasteiger charge is 2.23. The van der Waals surface area contributed by atoms with E-state index in [1.54, 1.807) is 18.5 Å². The lowest BCUT2D eigenvalue weighted by atomic mass is 10.0. The number of hydrogen-bond donors (Lipinski definition) is 1. The van der Waals surface area contributed by atoms with Gasteiger partial charge in [0.1, 0.15) is 11.5 Å². The Balaban J connectivity index is 1.48. The Morgan fingerprint density at radius 3 is 2.36 bits per heavy atom. The van der Waals surface area contributed by atoms with Gasteiger partial charge in [-0.1, -0.05) is 39.0 Å². The monoisotopic (exact) mass is 485 g/mol. The van der Waals surface area contributed by atoms with E-state index < -0.39 is 5.97 Å². The van der Waals surface area contributed by atoms with Crippen LogP contribution in [0.2, 0.25) is 0 Å². The van der Waals surface area contributed by atoms with Crippen LogP contribution in [0.5, 0.6) is 5.75 Å². The lowest BCUT2D eigenvalue weighted by molar-refractivity contribution is -0.136. The van der Waals surface area contributed by atoms with Gasteiger partial charge in [-0.3, -0.25) is 4.79 Å². The van der Waals surface area contributed by atoms with Crippen LogP contribution in [-0.4, -0.2) is 32.6 Å². The second kappa shape index (κ2) is 11.2. The molecule has 36 heavy (non-hydrogen) atoms. The molecule has 2 aromatic carbocycles. The summed E-state index contributed by atoms with van der Waals surface area (Å²) in [5.74, 6) is 2.24. The predicted octanol–water partition coefficient (Wildman–Crippen LogP) is 6.43. The molecule has 0 bridgehead atoms. The molecule has 1 unspecified atom stereocenters. The Bertz CT molecular complexity index is 1310. The van der Waals surface area contributed by atoms with Crippen molar-refractivity contribution in [1.82, 2.24) is 15.0 Å². The van der Waals surface area contributed by atoms with Crippen LogP contribution in [0.25, 0.3) is 22.8 Å². The molecule has 0 spiro atoms. The summed E-state index contributed by atoms with van der Waals surface area (Å²) >= 11 is 0. The van der Waals surface area contributed by atoms with Gasteiger partial charge in [-0.05, 0) is 60.7 Å². The summed E-state index contributed by atoms with van der Waals surface area (Å²) in [7, 11) is 0. The van der Waals surface area contributed by atoms with Gasteiger partial charge >= 0.3 is 5.97 Å². The third-order valence-electron chi connectivity index (χ3n) is 6.05. The predicted molar refractivity (Wildman–Crippen MR) is 138 cm³/mol. The van der Waals surface area contributed by atoms with Crippen LogP contribution >= 0.6 is 0 Å². The Morgan fingerprint density at radius 1 is 1.03 bits per heavy atom. The highest BCUT2D eigenvalue weighted by atomic mass is 16.5. The summed E-state index contributed by atoms with van der Waals surface area (Å²) in [6, 6.07) is 15.5. The van der Waals surface area contributed by atoms with Gasteiger partial charge in [-0.25, -0.2) is 15.0 Å². The topological polar surface area (TPSA) is 98.3 Å². The molecule has 4 aromatic rings. The largest absolute Gasteiger partial charge is 0.493 e. The molecule has 7 nitrogen and oxygen atoms in total. The lowest BCUT2D eigenvalue weighted by Gasteiger charge is -2.14. The summed E-state index contributed by atoms with van der Waals surface area (Å²) in [6.45, 7) is 8.69. The number of aromatic nitrogens is 3. The molecule has 0 aliphatic rings. The molecule has 1 atom stereocenters. The summed E-state index contributed by atoms with van der Waals surface area (Å²) in [5, 5.41) is 8.93. The minimum absolute atomic E-state index is 0.00682. The average Bonchev–Trinajstić information content (AvgIpc) is 3.33. The first-order valence-electron chi connectivity index (χ1n) is 12.1. The molecule has 2 heterocycles. The molecule has 2 aromatic heterocycles. The Morgan fingerprint density at radius 2 is 1.72 bits per heavy atom. The van der Waals surface area contributed by atoms with E-state index in [-0.39, 0.29) is 18.3 Å². The summed E-state index contributed by atoms with van der Waals surface area (Å²) in [6.07, 6.45) is 4.08. The first-order valence-corrected chi connectivity index (χ1v) is 12.1. The normalized spacial score (nSPS) is 12.0. The van der Waals surface area contributed by atoms with Crippen molar-refractivity contribution in [1.29, 1.82) is 0 Å². The number of oxazole rings is 1. The molecule has 0 amide bonds. The van der Waals surface area contributed by atoms with Gasteiger partial charge in [0.05, 0.1) is 18.2 Å². The van der Waals surface area contributed by atoms with Crippen LogP contribution in [-0.2, 0) is 11.2 Å². The molecule has 0 aliphatic heterocycles. The van der Waals surface area contributed by atoms with Gasteiger partial charge in [0.25, 0.3) is 0 Å². The lowest BCUT2D eigenvalue weighted by Crippen LogP contribution is -2.09. The number of aryl methyl sites for hydroxylation is 2. The van der Waals surface area contributed by atoms with Crippen molar-refractivity contribution >= 4 is 5.97 Å². The Kier molecular flexibility index (Phi) is 7.78. The molecule has 186 valence electrons. The van der Waals surface area contributed by atoms with Crippen molar-refractivity contribution in [2.45, 2.75) is 52.4 Å². The maximum absolute atomic E-state index is 10.9. The van der Waals surface area contributed by atoms with Crippen molar-refractivity contribution in [3.05, 3.63) is 83.5 Å². The average molecular weight is 486 g/mol. The van der Waals surface area contributed by atoms with Gasteiger partial charge in [-0.2, -0.15) is 0 Å². The fraction of sp³-hybridized carbons (Fsp3) is 0.310. The number of benzene rings is 2. The van der Waals surface area contributed by atoms with E-state index in [0.29, 0.717) is 24.7 Å². The summed E-state index contributed by atoms with van der Waals surface area (Å²) in [5.41, 5.74) is 4.79. The molecule has 4 rings (SSSR count). The SMILES string of the molecule is Cc1cc(OCC(C)c2oc(-c3ccc(-c4ncccn4)cc3)nc2C(C)C)ccc1CCC(=O)O. The van der Waals surface area contributed by atoms with E-state index in [4.69, 9.17) is 19.2 Å². The van der Waals surface area contributed by atoms with Crippen LogP contribution in [0.3, 0.4) is 0 Å². The number of ether oxygens (including phenoxy) is 1. The molecule has 7 heteroatoms. The fourth-order valence-electron chi connectivity index (χ4n) is 4.02. The van der Waals surface area contributed by atoms with Crippen molar-refractivity contribution in [2.24, 2.45) is 0 Å². The number of carboxylic acid groups (broad SMARTS) is 1. The first kappa shape index (κ1) is 25.1. The van der Waals surface area contributed by atoms with E-state index in [2.05, 4.69) is 30.7 Å². The minimum Gasteiger partial charge on any atom is -0.493 e. The van der Waals surface area contributed by atoms with Crippen molar-refractivity contribution < 1.29 is 19.1 Å². The maximum Gasteiger partial charge on any atom is 0.303 e. The van der Waals surface area contributed by atoms with Crippen molar-refractivity contribution in [2.75, 3.05) is 6.61 Å². The molecule has 0 aliphatic carbocycles. The zero-order valence-corrected chi connectivity index (χ0v) is 21.1. The zero-order valence-electron chi connectivity index (χ0n) is 21.1. The number of rotatable bonds is 10. The molecular formula is C29H31N3O4. The first-order chi connectivity index (χ1) is 17.3. The van der Waals surface area contributed by atoms with Crippen LogP contribution in [0.15, 0.2) is 65.3 Å². The van der Waals surface area contributed by atoms with E-state index in [1.807, 2.05) is 49.4 Å². The van der Waals surface area contributed by atoms with E-state index >= 15 is 0 Å². The van der Waals surface area contributed by atoms with Crippen molar-refractivity contribution in [3.63, 3.8) is 0 Å². The highest BCUT2D eigenvalue weighted by Crippen LogP contribution is 2.32. The molecule has 0 fully saturated rings. The van der Waals surface area contributed by atoms with Crippen molar-refractivity contribution in [3.8, 4) is 28.6 Å². The third kappa shape index (κ3) is 5.97. The number of hydrogen-bond acceptors (Lipinski definition) is 6. The van der Waals surface area contributed by atoms with Gasteiger partial charge in [0, 0.05) is 29.9 Å². The smallest absolute Gasteiger partial charge is 0.303 e. The molecule has 0 saturated heterocycles. The maximum atomic E-state index is 10.9. The third-order valence-corrected chi connectivity index (χ3v) is 6.05. The van der Waals surface area contributed by atoms with Gasteiger partial charge < -0.3 is 14.3 Å². The summed E-state index contributed by atoms with van der Waals surface area (Å²) < 4.78 is 12.4. The second-order valence-electron chi connectivity index (χ2n) is 9.27. The van der Waals surface area contributed by atoms with Crippen LogP contribution in [0.1, 0.15) is 61.6 Å². The minimum atomic E-state index is -0.794. The summed E-state index contributed by atoms with van der Waals surface area (Å²) in [4.78, 5) is 24.3. The number of aliphatic carboxylic acids is 1. The van der Waals surface area contributed by atoms with Gasteiger partial charge in [-0.15, -0.1) is 0 Å². The van der Waals surface area contributed by atoms with Crippen LogP contribution in [0.4, 0.5) is 0 Å². The van der Waals surface area contributed by atoms with E-state index in [9.17, 15) is 4.79 Å². The second-order valence-corrected chi connectivity index (χ2v) is 9.27. The quantitative estimate of drug-likeness (QED) is 0.276. The standard InChI is InChI=1S/C29H31N3O4/c1-18(2)26-27(20(4)17-35-24-12-10-21(19(3)16-24)11-13-25(33)34)36-29(32-26)23-8-6-22(7-9-23)28-30-14-5-15-31-28/h5-10,12,14-16,18,20H,11,13,17H2,1-4H3,(H,33,34). The molecule has 0 saturated carbocycles. The van der Waals surface area contributed by atoms with E-state index in [0.717, 1.165) is 39.5 Å². The Labute approximate surface area is 211 Å². The molecule has 1 N–H and O–H groups in total. The Hall–Kier alpha value is -4.00. The fourth-order valence-corrected chi connectivity index (χ4v) is 4.02. The van der Waals surface area contributed by atoms with Crippen LogP contribution < -0.4 is 4.74 Å². The molecular weight excluding hydrogens is 454 g/mol. The molecule has 0 radical (unpaired) electrons. The van der Waals surface area contributed by atoms with E-state index in [1.165, 1.54) is 0 Å².